The van der Waals surface area contributed by atoms with Gasteiger partial charge in [0, 0.05) is 41.6 Å². The van der Waals surface area contributed by atoms with Crippen LogP contribution in [0.5, 0.6) is 0 Å². The molecule has 0 spiro atoms. The minimum absolute atomic E-state index is 0.0199. The van der Waals surface area contributed by atoms with E-state index in [4.69, 9.17) is 11.6 Å². The summed E-state index contributed by atoms with van der Waals surface area (Å²) < 4.78 is 0. The van der Waals surface area contributed by atoms with Crippen LogP contribution in [0.15, 0.2) is 67.4 Å². The Bertz CT molecular complexity index is 776. The van der Waals surface area contributed by atoms with Crippen molar-refractivity contribution in [3.05, 3.63) is 89.2 Å². The van der Waals surface area contributed by atoms with Gasteiger partial charge < -0.3 is 0 Å². The highest BCUT2D eigenvalue weighted by molar-refractivity contribution is 6.30. The molecule has 1 atom stereocenters. The van der Waals surface area contributed by atoms with Crippen LogP contribution in [0.1, 0.15) is 27.5 Å². The van der Waals surface area contributed by atoms with Gasteiger partial charge in [0.05, 0.1) is 11.6 Å². The first-order valence-corrected chi connectivity index (χ1v) is 7.56. The van der Waals surface area contributed by atoms with Gasteiger partial charge in [0.15, 0.2) is 5.78 Å². The van der Waals surface area contributed by atoms with Crippen molar-refractivity contribution in [2.75, 3.05) is 0 Å². The zero-order chi connectivity index (χ0) is 16.1. The zero-order valence-electron chi connectivity index (χ0n) is 12.3. The Labute approximate surface area is 139 Å². The van der Waals surface area contributed by atoms with Crippen molar-refractivity contribution < 1.29 is 4.79 Å². The van der Waals surface area contributed by atoms with Crippen LogP contribution < -0.4 is 0 Å². The molecule has 3 aromatic rings. The van der Waals surface area contributed by atoms with Crippen LogP contribution in [0, 0.1) is 0 Å². The SMILES string of the molecule is O=C(c1cccnc1)C(Cc1ccc(Cl)cc1)c1cnccn1. The molecule has 5 heteroatoms. The third kappa shape index (κ3) is 3.79. The van der Waals surface area contributed by atoms with Gasteiger partial charge in [-0.2, -0.15) is 0 Å². The van der Waals surface area contributed by atoms with Gasteiger partial charge in [-0.3, -0.25) is 19.7 Å². The molecule has 0 bridgehead atoms. The number of nitrogens with zero attached hydrogens (tertiary/aromatic N) is 3. The van der Waals surface area contributed by atoms with E-state index < -0.39 is 5.92 Å². The molecule has 2 heterocycles. The Hall–Kier alpha value is -2.59. The minimum atomic E-state index is -0.408. The number of benzene rings is 1. The van der Waals surface area contributed by atoms with Crippen LogP contribution in [0.3, 0.4) is 0 Å². The first kappa shape index (κ1) is 15.3. The molecular formula is C18H14ClN3O. The molecule has 1 aromatic carbocycles. The van der Waals surface area contributed by atoms with Gasteiger partial charge in [-0.05, 0) is 36.2 Å². The quantitative estimate of drug-likeness (QED) is 0.671. The third-order valence-corrected chi connectivity index (χ3v) is 3.81. The lowest BCUT2D eigenvalue weighted by Gasteiger charge is -2.15. The average Bonchev–Trinajstić information content (AvgIpc) is 2.62. The van der Waals surface area contributed by atoms with Crippen LogP contribution in [0.2, 0.25) is 5.02 Å². The van der Waals surface area contributed by atoms with Gasteiger partial charge in [0.1, 0.15) is 0 Å². The molecule has 0 N–H and O–H groups in total. The number of halogens is 1. The molecule has 3 rings (SSSR count). The normalized spacial score (nSPS) is 11.9. The summed E-state index contributed by atoms with van der Waals surface area (Å²) in [6.07, 6.45) is 8.58. The number of Topliss-reactive ketones (excluding diaryl/α,β-unsaturated/α-hetero) is 1. The molecule has 4 nitrogen and oxygen atoms in total. The van der Waals surface area contributed by atoms with Crippen molar-refractivity contribution in [3.8, 4) is 0 Å². The number of hydrogen-bond acceptors (Lipinski definition) is 4. The highest BCUT2D eigenvalue weighted by Crippen LogP contribution is 2.24. The maximum atomic E-state index is 12.9. The van der Waals surface area contributed by atoms with Crippen molar-refractivity contribution in [3.63, 3.8) is 0 Å². The molecule has 1 unspecified atom stereocenters. The summed E-state index contributed by atoms with van der Waals surface area (Å²) in [6.45, 7) is 0. The molecule has 0 fully saturated rings. The van der Waals surface area contributed by atoms with Crippen molar-refractivity contribution in [2.24, 2.45) is 0 Å². The van der Waals surface area contributed by atoms with E-state index in [0.29, 0.717) is 22.7 Å². The number of carbonyl (C=O) groups is 1. The third-order valence-electron chi connectivity index (χ3n) is 3.56. The Morgan fingerprint density at radius 1 is 1.00 bits per heavy atom. The van der Waals surface area contributed by atoms with Crippen LogP contribution in [-0.4, -0.2) is 20.7 Å². The number of carbonyl (C=O) groups excluding carboxylic acids is 1. The molecule has 0 aliphatic carbocycles. The van der Waals surface area contributed by atoms with Crippen LogP contribution in [-0.2, 0) is 6.42 Å². The van der Waals surface area contributed by atoms with E-state index >= 15 is 0 Å². The average molecular weight is 324 g/mol. The van der Waals surface area contributed by atoms with E-state index in [2.05, 4.69) is 15.0 Å². The lowest BCUT2D eigenvalue weighted by molar-refractivity contribution is 0.0956. The number of aromatic nitrogens is 3. The number of ketones is 1. The molecule has 2 aromatic heterocycles. The first-order chi connectivity index (χ1) is 11.2. The van der Waals surface area contributed by atoms with Gasteiger partial charge in [-0.1, -0.05) is 23.7 Å². The molecule has 114 valence electrons. The van der Waals surface area contributed by atoms with Gasteiger partial charge >= 0.3 is 0 Å². The number of hydrogen-bond donors (Lipinski definition) is 0. The fraction of sp³-hybridized carbons (Fsp3) is 0.111. The van der Waals surface area contributed by atoms with Gasteiger partial charge in [0.25, 0.3) is 0 Å². The summed E-state index contributed by atoms with van der Waals surface area (Å²) in [5.41, 5.74) is 2.23. The second-order valence-electron chi connectivity index (χ2n) is 5.12. The highest BCUT2D eigenvalue weighted by Gasteiger charge is 2.24. The van der Waals surface area contributed by atoms with Crippen molar-refractivity contribution in [1.29, 1.82) is 0 Å². The second-order valence-corrected chi connectivity index (χ2v) is 5.56. The van der Waals surface area contributed by atoms with Gasteiger partial charge in [-0.25, -0.2) is 0 Å². The standard InChI is InChI=1S/C18H14ClN3O/c19-15-5-3-13(4-6-15)10-16(17-12-21-8-9-22-17)18(23)14-2-1-7-20-11-14/h1-9,11-12,16H,10H2. The molecule has 0 aliphatic heterocycles. The molecule has 0 radical (unpaired) electrons. The monoisotopic (exact) mass is 323 g/mol. The van der Waals surface area contributed by atoms with E-state index in [-0.39, 0.29) is 5.78 Å². The molecule has 0 saturated heterocycles. The summed E-state index contributed by atoms with van der Waals surface area (Å²) in [6, 6.07) is 11.0. The lowest BCUT2D eigenvalue weighted by Crippen LogP contribution is -2.17. The summed E-state index contributed by atoms with van der Waals surface area (Å²) in [5, 5.41) is 0.670. The smallest absolute Gasteiger partial charge is 0.173 e. The molecule has 0 saturated carbocycles. The molecular weight excluding hydrogens is 310 g/mol. The lowest BCUT2D eigenvalue weighted by atomic mass is 9.89. The largest absolute Gasteiger partial charge is 0.293 e. The maximum absolute atomic E-state index is 12.9. The maximum Gasteiger partial charge on any atom is 0.173 e. The van der Waals surface area contributed by atoms with Gasteiger partial charge in [-0.15, -0.1) is 0 Å². The second kappa shape index (κ2) is 7.11. The van der Waals surface area contributed by atoms with Crippen molar-refractivity contribution >= 4 is 17.4 Å². The fourth-order valence-corrected chi connectivity index (χ4v) is 2.51. The first-order valence-electron chi connectivity index (χ1n) is 7.18. The number of pyridine rings is 1. The Morgan fingerprint density at radius 3 is 2.43 bits per heavy atom. The van der Waals surface area contributed by atoms with Crippen LogP contribution in [0.4, 0.5) is 0 Å². The summed E-state index contributed by atoms with van der Waals surface area (Å²) in [7, 11) is 0. The van der Waals surface area contributed by atoms with E-state index in [1.165, 1.54) is 0 Å². The van der Waals surface area contributed by atoms with Crippen LogP contribution in [0.25, 0.3) is 0 Å². The summed E-state index contributed by atoms with van der Waals surface area (Å²) >= 11 is 5.93. The van der Waals surface area contributed by atoms with E-state index in [9.17, 15) is 4.79 Å². The molecule has 0 aliphatic rings. The molecule has 0 amide bonds. The summed E-state index contributed by atoms with van der Waals surface area (Å²) in [4.78, 5) is 25.3. The topological polar surface area (TPSA) is 55.7 Å². The Balaban J connectivity index is 1.94. The predicted octanol–water partition coefficient (Wildman–Crippen LogP) is 3.73. The van der Waals surface area contributed by atoms with Crippen LogP contribution >= 0.6 is 11.6 Å². The van der Waals surface area contributed by atoms with Crippen molar-refractivity contribution in [1.82, 2.24) is 15.0 Å². The van der Waals surface area contributed by atoms with E-state index in [0.717, 1.165) is 5.56 Å². The number of rotatable bonds is 5. The molecule has 23 heavy (non-hydrogen) atoms. The Morgan fingerprint density at radius 2 is 1.78 bits per heavy atom. The minimum Gasteiger partial charge on any atom is -0.293 e. The van der Waals surface area contributed by atoms with E-state index in [1.807, 2.05) is 24.3 Å². The highest BCUT2D eigenvalue weighted by atomic mass is 35.5. The van der Waals surface area contributed by atoms with Crippen molar-refractivity contribution in [2.45, 2.75) is 12.3 Å². The summed E-state index contributed by atoms with van der Waals surface area (Å²) in [5.74, 6) is -0.428. The zero-order valence-corrected chi connectivity index (χ0v) is 13.0. The van der Waals surface area contributed by atoms with Gasteiger partial charge in [0.2, 0.25) is 0 Å². The van der Waals surface area contributed by atoms with E-state index in [1.54, 1.807) is 43.1 Å². The predicted molar refractivity (Wildman–Crippen MR) is 88.5 cm³/mol. The Kier molecular flexibility index (Phi) is 4.74. The fourth-order valence-electron chi connectivity index (χ4n) is 2.39.